The lowest BCUT2D eigenvalue weighted by Gasteiger charge is -2.12. The number of hydrogen-bond acceptors (Lipinski definition) is 3. The van der Waals surface area contributed by atoms with Crippen molar-refractivity contribution in [3.63, 3.8) is 0 Å². The van der Waals surface area contributed by atoms with Crippen LogP contribution in [0.1, 0.15) is 6.92 Å². The van der Waals surface area contributed by atoms with Gasteiger partial charge < -0.3 is 15.2 Å². The summed E-state index contributed by atoms with van der Waals surface area (Å²) in [7, 11) is 3.79. The molecule has 1 atom stereocenters. The van der Waals surface area contributed by atoms with E-state index in [1.54, 1.807) is 6.20 Å². The minimum absolute atomic E-state index is 0. The average molecular weight is 345 g/mol. The van der Waals surface area contributed by atoms with Crippen molar-refractivity contribution in [1.82, 2.24) is 14.9 Å². The molecule has 1 aromatic carbocycles. The molecule has 0 bridgehead atoms. The third-order valence-electron chi connectivity index (χ3n) is 3.17. The molecular weight excluding hydrogens is 323 g/mol. The smallest absolute Gasteiger partial charge is 0.228 e. The first-order valence-corrected chi connectivity index (χ1v) is 6.65. The van der Waals surface area contributed by atoms with E-state index in [0.717, 1.165) is 17.1 Å². The lowest BCUT2D eigenvalue weighted by molar-refractivity contribution is -0.119. The van der Waals surface area contributed by atoms with Gasteiger partial charge in [0.05, 0.1) is 0 Å². The van der Waals surface area contributed by atoms with Gasteiger partial charge in [-0.25, -0.2) is 4.98 Å². The van der Waals surface area contributed by atoms with Crippen LogP contribution < -0.4 is 10.6 Å². The van der Waals surface area contributed by atoms with Gasteiger partial charge in [-0.3, -0.25) is 4.79 Å². The van der Waals surface area contributed by atoms with Gasteiger partial charge in [-0.05, 0) is 19.2 Å². The van der Waals surface area contributed by atoms with E-state index in [-0.39, 0.29) is 36.6 Å². The summed E-state index contributed by atoms with van der Waals surface area (Å²) in [4.78, 5) is 16.3. The number of carbonyl (C=O) groups is 1. The minimum atomic E-state index is -0.0724. The molecule has 0 aliphatic heterocycles. The number of nitrogens with one attached hydrogen (secondary N) is 2. The molecule has 22 heavy (non-hydrogen) atoms. The van der Waals surface area contributed by atoms with Gasteiger partial charge in [0.1, 0.15) is 5.82 Å². The molecule has 2 aromatic rings. The molecule has 0 fully saturated rings. The first-order valence-electron chi connectivity index (χ1n) is 6.65. The Hall–Kier alpha value is -1.56. The predicted octanol–water partition coefficient (Wildman–Crippen LogP) is 2.72. The number of imidazole rings is 1. The summed E-state index contributed by atoms with van der Waals surface area (Å²) in [6, 6.07) is 7.72. The molecule has 0 aliphatic rings. The number of benzene rings is 1. The number of halogens is 2. The van der Waals surface area contributed by atoms with E-state index in [2.05, 4.69) is 15.6 Å². The SMILES string of the molecule is CNCC(C)C(=O)Nc1cccc(-c2nccn2C)c1.Cl.Cl. The topological polar surface area (TPSA) is 59.0 Å². The van der Waals surface area contributed by atoms with Crippen molar-refractivity contribution in [3.8, 4) is 11.4 Å². The highest BCUT2D eigenvalue weighted by molar-refractivity contribution is 5.93. The third kappa shape index (κ3) is 5.02. The molecule has 7 heteroatoms. The number of aromatic nitrogens is 2. The van der Waals surface area contributed by atoms with Crippen molar-refractivity contribution >= 4 is 36.4 Å². The summed E-state index contributed by atoms with van der Waals surface area (Å²) >= 11 is 0. The predicted molar refractivity (Wildman–Crippen MR) is 94.9 cm³/mol. The Morgan fingerprint density at radius 2 is 2.09 bits per heavy atom. The largest absolute Gasteiger partial charge is 0.334 e. The van der Waals surface area contributed by atoms with E-state index in [1.165, 1.54) is 0 Å². The second-order valence-electron chi connectivity index (χ2n) is 4.89. The number of nitrogens with zero attached hydrogens (tertiary/aromatic N) is 2. The maximum absolute atomic E-state index is 12.0. The van der Waals surface area contributed by atoms with Crippen LogP contribution in [0.5, 0.6) is 0 Å². The van der Waals surface area contributed by atoms with Gasteiger partial charge in [0.2, 0.25) is 5.91 Å². The van der Waals surface area contributed by atoms with Gasteiger partial charge in [0, 0.05) is 43.2 Å². The van der Waals surface area contributed by atoms with E-state index in [1.807, 2.05) is 56.0 Å². The molecule has 2 rings (SSSR count). The lowest BCUT2D eigenvalue weighted by Crippen LogP contribution is -2.28. The van der Waals surface area contributed by atoms with Gasteiger partial charge in [-0.1, -0.05) is 19.1 Å². The number of rotatable bonds is 5. The lowest BCUT2D eigenvalue weighted by atomic mass is 10.1. The van der Waals surface area contributed by atoms with Crippen molar-refractivity contribution in [2.45, 2.75) is 6.92 Å². The molecule has 1 unspecified atom stereocenters. The van der Waals surface area contributed by atoms with Gasteiger partial charge in [-0.2, -0.15) is 0 Å². The zero-order valence-corrected chi connectivity index (χ0v) is 14.5. The van der Waals surface area contributed by atoms with E-state index in [9.17, 15) is 4.79 Å². The summed E-state index contributed by atoms with van der Waals surface area (Å²) in [6.07, 6.45) is 3.66. The highest BCUT2D eigenvalue weighted by atomic mass is 35.5. The molecule has 0 radical (unpaired) electrons. The normalized spacial score (nSPS) is 11.0. The fourth-order valence-corrected chi connectivity index (χ4v) is 2.04. The standard InChI is InChI=1S/C15H20N4O.2ClH/c1-11(10-16-2)15(20)18-13-6-4-5-12(9-13)14-17-7-8-19(14)3;;/h4-9,11,16H,10H2,1-3H3,(H,18,20);2*1H. The maximum Gasteiger partial charge on any atom is 0.228 e. The highest BCUT2D eigenvalue weighted by Crippen LogP contribution is 2.20. The van der Waals surface area contributed by atoms with E-state index in [0.29, 0.717) is 6.54 Å². The zero-order chi connectivity index (χ0) is 14.5. The van der Waals surface area contributed by atoms with Crippen molar-refractivity contribution < 1.29 is 4.79 Å². The third-order valence-corrected chi connectivity index (χ3v) is 3.17. The summed E-state index contributed by atoms with van der Waals surface area (Å²) in [5.41, 5.74) is 1.77. The number of carbonyl (C=O) groups excluding carboxylic acids is 1. The summed E-state index contributed by atoms with van der Waals surface area (Å²) < 4.78 is 1.95. The Bertz CT molecular complexity index is 601. The fraction of sp³-hybridized carbons (Fsp3) is 0.333. The Labute approximate surface area is 143 Å². The zero-order valence-electron chi connectivity index (χ0n) is 12.9. The molecule has 1 aromatic heterocycles. The Kier molecular flexibility index (Phi) is 8.79. The maximum atomic E-state index is 12.0. The van der Waals surface area contributed by atoms with E-state index >= 15 is 0 Å². The average Bonchev–Trinajstić information content (AvgIpc) is 2.85. The molecule has 0 spiro atoms. The molecule has 1 heterocycles. The fourth-order valence-electron chi connectivity index (χ4n) is 2.04. The number of amides is 1. The van der Waals surface area contributed by atoms with Crippen LogP contribution in [-0.2, 0) is 11.8 Å². The Morgan fingerprint density at radius 1 is 1.36 bits per heavy atom. The molecular formula is C15H22Cl2N4O. The van der Waals surface area contributed by atoms with Gasteiger partial charge in [0.25, 0.3) is 0 Å². The van der Waals surface area contributed by atoms with Crippen molar-refractivity contribution in [3.05, 3.63) is 36.7 Å². The molecule has 5 nitrogen and oxygen atoms in total. The molecule has 122 valence electrons. The van der Waals surface area contributed by atoms with Crippen LogP contribution in [-0.4, -0.2) is 29.1 Å². The van der Waals surface area contributed by atoms with Crippen molar-refractivity contribution in [1.29, 1.82) is 0 Å². The van der Waals surface area contributed by atoms with Crippen LogP contribution in [0.15, 0.2) is 36.7 Å². The first kappa shape index (κ1) is 20.4. The number of hydrogen-bond donors (Lipinski definition) is 2. The summed E-state index contributed by atoms with van der Waals surface area (Å²) in [6.45, 7) is 2.55. The highest BCUT2D eigenvalue weighted by Gasteiger charge is 2.12. The van der Waals surface area contributed by atoms with Crippen LogP contribution in [0.25, 0.3) is 11.4 Å². The monoisotopic (exact) mass is 344 g/mol. The first-order chi connectivity index (χ1) is 9.61. The van der Waals surface area contributed by atoms with E-state index in [4.69, 9.17) is 0 Å². The quantitative estimate of drug-likeness (QED) is 0.876. The van der Waals surface area contributed by atoms with Gasteiger partial charge >= 0.3 is 0 Å². The van der Waals surface area contributed by atoms with Gasteiger partial charge in [0.15, 0.2) is 0 Å². The van der Waals surface area contributed by atoms with Crippen LogP contribution in [0.3, 0.4) is 0 Å². The van der Waals surface area contributed by atoms with Gasteiger partial charge in [-0.15, -0.1) is 24.8 Å². The number of aryl methyl sites for hydroxylation is 1. The summed E-state index contributed by atoms with van der Waals surface area (Å²) in [5, 5.41) is 5.93. The number of anilines is 1. The molecule has 1 amide bonds. The summed E-state index contributed by atoms with van der Waals surface area (Å²) in [5.74, 6) is 0.817. The minimum Gasteiger partial charge on any atom is -0.334 e. The molecule has 2 N–H and O–H groups in total. The second-order valence-corrected chi connectivity index (χ2v) is 4.89. The van der Waals surface area contributed by atoms with E-state index < -0.39 is 0 Å². The Balaban J connectivity index is 0.00000220. The second kappa shape index (κ2) is 9.46. The molecule has 0 saturated heterocycles. The van der Waals surface area contributed by atoms with Crippen LogP contribution in [0.2, 0.25) is 0 Å². The Morgan fingerprint density at radius 3 is 2.68 bits per heavy atom. The van der Waals surface area contributed by atoms with Crippen LogP contribution >= 0.6 is 24.8 Å². The van der Waals surface area contributed by atoms with Crippen molar-refractivity contribution in [2.75, 3.05) is 18.9 Å². The van der Waals surface area contributed by atoms with Crippen molar-refractivity contribution in [2.24, 2.45) is 13.0 Å². The molecule has 0 aliphatic carbocycles. The molecule has 0 saturated carbocycles. The van der Waals surface area contributed by atoms with Crippen LogP contribution in [0.4, 0.5) is 5.69 Å². The van der Waals surface area contributed by atoms with Crippen LogP contribution in [0, 0.1) is 5.92 Å².